The number of rotatable bonds is 3. The summed E-state index contributed by atoms with van der Waals surface area (Å²) in [5.74, 6) is -0.462. The first-order chi connectivity index (χ1) is 7.16. The molecule has 0 saturated heterocycles. The first kappa shape index (κ1) is 14.1. The number of hydrogen-bond acceptors (Lipinski definition) is 3. The van der Waals surface area contributed by atoms with Crippen molar-refractivity contribution >= 4 is 54.1 Å². The summed E-state index contributed by atoms with van der Waals surface area (Å²) in [5.41, 5.74) is 1.40. The Balaban J connectivity index is 3.18. The first-order valence-corrected chi connectivity index (χ1v) is 8.11. The number of sulfone groups is 1. The summed E-state index contributed by atoms with van der Waals surface area (Å²) < 4.78 is 21.3. The number of halogens is 2. The lowest BCUT2D eigenvalue weighted by Crippen LogP contribution is -2.33. The van der Waals surface area contributed by atoms with E-state index in [2.05, 4.69) is 15.9 Å². The van der Waals surface area contributed by atoms with Crippen LogP contribution in [0, 0.1) is 6.92 Å². The summed E-state index contributed by atoms with van der Waals surface area (Å²) in [5, 5.41) is 0. The molecule has 1 aromatic carbocycles. The molecule has 0 spiro atoms. The highest BCUT2D eigenvalue weighted by Crippen LogP contribution is 2.36. The van der Waals surface area contributed by atoms with Gasteiger partial charge in [0, 0.05) is 11.8 Å². The topological polar surface area (TPSA) is 51.2 Å². The molecule has 6 heteroatoms. The van der Waals surface area contributed by atoms with Crippen LogP contribution in [0.2, 0.25) is 0 Å². The maximum Gasteiger partial charge on any atom is 0.238 e. The molecule has 0 aliphatic carbocycles. The smallest absolute Gasteiger partial charge is 0.238 e. The lowest BCUT2D eigenvalue weighted by molar-refractivity contribution is 0.101. The monoisotopic (exact) mass is 416 g/mol. The Bertz CT molecular complexity index is 505. The van der Waals surface area contributed by atoms with E-state index < -0.39 is 17.3 Å². The molecule has 88 valence electrons. The van der Waals surface area contributed by atoms with Gasteiger partial charge in [-0.2, -0.15) is 0 Å². The van der Waals surface area contributed by atoms with E-state index in [9.17, 15) is 13.2 Å². The Kier molecular flexibility index (Phi) is 4.18. The minimum Gasteiger partial charge on any atom is -0.290 e. The van der Waals surface area contributed by atoms with Crippen molar-refractivity contribution in [2.24, 2.45) is 0 Å². The van der Waals surface area contributed by atoms with Crippen LogP contribution in [0.3, 0.4) is 0 Å². The second-order valence-corrected chi connectivity index (χ2v) is 11.2. The molecule has 0 amide bonds. The minimum absolute atomic E-state index is 0.377. The second-order valence-electron chi connectivity index (χ2n) is 3.48. The average Bonchev–Trinajstić information content (AvgIpc) is 2.16. The molecule has 0 fully saturated rings. The van der Waals surface area contributed by atoms with Crippen molar-refractivity contribution in [1.29, 1.82) is 0 Å². The molecule has 0 aliphatic heterocycles. The molecule has 1 aromatic rings. The Morgan fingerprint density at radius 1 is 1.31 bits per heavy atom. The van der Waals surface area contributed by atoms with Gasteiger partial charge in [0.15, 0.2) is 9.84 Å². The number of hydrogen-bond donors (Lipinski definition) is 0. The molecular weight excluding hydrogens is 407 g/mol. The maximum absolute atomic E-state index is 12.0. The molecule has 1 atom stereocenters. The predicted molar refractivity (Wildman–Crippen MR) is 76.0 cm³/mol. The number of Topliss-reactive ketones (excluding diaryl/α,β-unsaturated/α-hetero) is 1. The number of alkyl halides is 2. The summed E-state index contributed by atoms with van der Waals surface area (Å²) in [7, 11) is -3.51. The van der Waals surface area contributed by atoms with Crippen molar-refractivity contribution in [1.82, 2.24) is 0 Å². The quantitative estimate of drug-likeness (QED) is 0.432. The van der Waals surface area contributed by atoms with Gasteiger partial charge in [-0.15, -0.1) is 0 Å². The van der Waals surface area contributed by atoms with E-state index in [0.29, 0.717) is 5.56 Å². The number of benzene rings is 1. The standard InChI is InChI=1S/C10H10BrIO3S/c1-7-3-5-8(6-4-7)9(13)10(11,12)16(2,14)15/h3-6H,1-2H3. The molecule has 0 bridgehead atoms. The van der Waals surface area contributed by atoms with Crippen LogP contribution in [-0.2, 0) is 9.84 Å². The van der Waals surface area contributed by atoms with Gasteiger partial charge in [-0.1, -0.05) is 29.8 Å². The molecule has 0 saturated carbocycles. The van der Waals surface area contributed by atoms with Gasteiger partial charge in [-0.3, -0.25) is 4.79 Å². The molecule has 3 nitrogen and oxygen atoms in total. The number of carbonyl (C=O) groups is 1. The number of aryl methyl sites for hydroxylation is 1. The van der Waals surface area contributed by atoms with Crippen LogP contribution in [0.1, 0.15) is 15.9 Å². The van der Waals surface area contributed by atoms with Crippen molar-refractivity contribution in [2.75, 3.05) is 6.26 Å². The zero-order valence-electron chi connectivity index (χ0n) is 8.70. The molecule has 0 N–H and O–H groups in total. The van der Waals surface area contributed by atoms with Crippen LogP contribution >= 0.6 is 38.5 Å². The highest BCUT2D eigenvalue weighted by Gasteiger charge is 2.43. The van der Waals surface area contributed by atoms with Gasteiger partial charge in [0.2, 0.25) is 7.45 Å². The summed E-state index contributed by atoms with van der Waals surface area (Å²) >= 11 is 4.57. The lowest BCUT2D eigenvalue weighted by atomic mass is 10.1. The van der Waals surface area contributed by atoms with Crippen molar-refractivity contribution in [3.63, 3.8) is 0 Å². The summed E-state index contributed by atoms with van der Waals surface area (Å²) in [6, 6.07) is 6.79. The van der Waals surface area contributed by atoms with Crippen molar-refractivity contribution in [3.8, 4) is 0 Å². The zero-order valence-corrected chi connectivity index (χ0v) is 13.3. The lowest BCUT2D eigenvalue weighted by Gasteiger charge is -2.16. The van der Waals surface area contributed by atoms with Crippen molar-refractivity contribution in [2.45, 2.75) is 8.59 Å². The highest BCUT2D eigenvalue weighted by molar-refractivity contribution is 14.1. The van der Waals surface area contributed by atoms with E-state index in [1.165, 1.54) is 0 Å². The molecule has 16 heavy (non-hydrogen) atoms. The number of carbonyl (C=O) groups excluding carboxylic acids is 1. The van der Waals surface area contributed by atoms with Crippen LogP contribution in [0.15, 0.2) is 24.3 Å². The summed E-state index contributed by atoms with van der Waals surface area (Å²) in [4.78, 5) is 12.0. The average molecular weight is 417 g/mol. The predicted octanol–water partition coefficient (Wildman–Crippen LogP) is 2.71. The van der Waals surface area contributed by atoms with Gasteiger partial charge in [0.05, 0.1) is 0 Å². The van der Waals surface area contributed by atoms with Gasteiger partial charge in [-0.25, -0.2) is 8.42 Å². The highest BCUT2D eigenvalue weighted by atomic mass is 127. The van der Waals surface area contributed by atoms with Crippen LogP contribution in [-0.4, -0.2) is 22.1 Å². The zero-order chi connectivity index (χ0) is 12.6. The van der Waals surface area contributed by atoms with Gasteiger partial charge in [0.25, 0.3) is 0 Å². The Hall–Kier alpha value is 0.0500. The van der Waals surface area contributed by atoms with Gasteiger partial charge in [-0.05, 0) is 45.4 Å². The molecule has 0 aromatic heterocycles. The van der Waals surface area contributed by atoms with E-state index in [0.717, 1.165) is 11.8 Å². The van der Waals surface area contributed by atoms with Crippen LogP contribution in [0.25, 0.3) is 0 Å². The fraction of sp³-hybridized carbons (Fsp3) is 0.300. The Morgan fingerprint density at radius 3 is 2.12 bits per heavy atom. The Morgan fingerprint density at radius 2 is 1.75 bits per heavy atom. The van der Waals surface area contributed by atoms with Crippen molar-refractivity contribution in [3.05, 3.63) is 35.4 Å². The van der Waals surface area contributed by atoms with E-state index in [1.807, 2.05) is 6.92 Å². The van der Waals surface area contributed by atoms with Gasteiger partial charge >= 0.3 is 0 Å². The Labute approximate surface area is 117 Å². The molecule has 1 rings (SSSR count). The van der Waals surface area contributed by atoms with E-state index in [-0.39, 0.29) is 0 Å². The molecule has 0 heterocycles. The van der Waals surface area contributed by atoms with E-state index in [4.69, 9.17) is 0 Å². The van der Waals surface area contributed by atoms with Gasteiger partial charge < -0.3 is 0 Å². The van der Waals surface area contributed by atoms with Crippen LogP contribution < -0.4 is 0 Å². The second kappa shape index (κ2) is 4.73. The van der Waals surface area contributed by atoms with E-state index in [1.54, 1.807) is 46.9 Å². The SMILES string of the molecule is Cc1ccc(C(=O)C(Br)(I)S(C)(=O)=O)cc1. The number of ketones is 1. The van der Waals surface area contributed by atoms with Crippen molar-refractivity contribution < 1.29 is 13.2 Å². The molecule has 1 unspecified atom stereocenters. The third kappa shape index (κ3) is 2.84. The third-order valence-corrected chi connectivity index (χ3v) is 8.17. The third-order valence-electron chi connectivity index (χ3n) is 2.04. The normalized spacial score (nSPS) is 15.5. The molecule has 0 aliphatic rings. The van der Waals surface area contributed by atoms with Gasteiger partial charge in [0.1, 0.15) is 0 Å². The van der Waals surface area contributed by atoms with Crippen LogP contribution in [0.4, 0.5) is 0 Å². The fourth-order valence-electron chi connectivity index (χ4n) is 1.04. The van der Waals surface area contributed by atoms with Crippen LogP contribution in [0.5, 0.6) is 0 Å². The molecule has 0 radical (unpaired) electrons. The summed E-state index contributed by atoms with van der Waals surface area (Å²) in [6.07, 6.45) is 1.03. The maximum atomic E-state index is 12.0. The van der Waals surface area contributed by atoms with E-state index >= 15 is 0 Å². The fourth-order valence-corrected chi connectivity index (χ4v) is 2.04. The minimum atomic E-state index is -3.51. The summed E-state index contributed by atoms with van der Waals surface area (Å²) in [6.45, 7) is 1.90. The first-order valence-electron chi connectivity index (χ1n) is 4.35. The largest absolute Gasteiger partial charge is 0.290 e. The molecular formula is C10H10BrIO3S.